The van der Waals surface area contributed by atoms with E-state index in [0.717, 1.165) is 6.42 Å². The summed E-state index contributed by atoms with van der Waals surface area (Å²) in [6.07, 6.45) is 2.89. The number of aryl methyl sites for hydroxylation is 2. The van der Waals surface area contributed by atoms with Gasteiger partial charge in [-0.3, -0.25) is 0 Å². The molecule has 1 N–H and O–H groups in total. The first-order valence-corrected chi connectivity index (χ1v) is 9.40. The van der Waals surface area contributed by atoms with Crippen LogP contribution in [0.4, 0.5) is 4.39 Å². The summed E-state index contributed by atoms with van der Waals surface area (Å²) in [6, 6.07) is 4.18. The SMILES string of the molecule is Cc1nnc(C[C@@H]2CC[C@H](NS(=O)(=O)c3cccc(C)c3F)C2)o1. The quantitative estimate of drug-likeness (QED) is 0.893. The van der Waals surface area contributed by atoms with Crippen molar-refractivity contribution in [2.24, 2.45) is 5.92 Å². The maximum Gasteiger partial charge on any atom is 0.243 e. The summed E-state index contributed by atoms with van der Waals surface area (Å²) in [4.78, 5) is -0.293. The molecule has 0 bridgehead atoms. The zero-order chi connectivity index (χ0) is 17.3. The van der Waals surface area contributed by atoms with Gasteiger partial charge in [0.25, 0.3) is 0 Å². The molecule has 3 rings (SSSR count). The second-order valence-corrected chi connectivity index (χ2v) is 7.99. The fourth-order valence-electron chi connectivity index (χ4n) is 3.15. The van der Waals surface area contributed by atoms with Crippen LogP contribution in [0.3, 0.4) is 0 Å². The zero-order valence-electron chi connectivity index (χ0n) is 13.6. The molecule has 1 saturated carbocycles. The van der Waals surface area contributed by atoms with E-state index in [2.05, 4.69) is 14.9 Å². The van der Waals surface area contributed by atoms with Crippen molar-refractivity contribution in [3.05, 3.63) is 41.4 Å². The Bertz CT molecular complexity index is 835. The highest BCUT2D eigenvalue weighted by Crippen LogP contribution is 2.30. The van der Waals surface area contributed by atoms with Gasteiger partial charge < -0.3 is 4.42 Å². The Morgan fingerprint density at radius 2 is 2.08 bits per heavy atom. The molecule has 0 amide bonds. The third kappa shape index (κ3) is 3.64. The van der Waals surface area contributed by atoms with E-state index in [1.165, 1.54) is 6.07 Å². The number of nitrogens with one attached hydrogen (secondary N) is 1. The van der Waals surface area contributed by atoms with Crippen LogP contribution in [0.2, 0.25) is 0 Å². The Kier molecular flexibility index (Phi) is 4.69. The van der Waals surface area contributed by atoms with Gasteiger partial charge in [-0.1, -0.05) is 12.1 Å². The maximum absolute atomic E-state index is 14.1. The molecule has 0 unspecified atom stereocenters. The minimum atomic E-state index is -3.87. The van der Waals surface area contributed by atoms with Crippen molar-refractivity contribution in [3.8, 4) is 0 Å². The first-order chi connectivity index (χ1) is 11.3. The third-order valence-corrected chi connectivity index (χ3v) is 5.88. The van der Waals surface area contributed by atoms with E-state index in [4.69, 9.17) is 4.42 Å². The smallest absolute Gasteiger partial charge is 0.243 e. The first kappa shape index (κ1) is 17.0. The van der Waals surface area contributed by atoms with Crippen molar-refractivity contribution in [1.82, 2.24) is 14.9 Å². The number of nitrogens with zero attached hydrogens (tertiary/aromatic N) is 2. The summed E-state index contributed by atoms with van der Waals surface area (Å²) in [5.41, 5.74) is 0.314. The molecule has 1 aromatic heterocycles. The van der Waals surface area contributed by atoms with E-state index >= 15 is 0 Å². The Morgan fingerprint density at radius 1 is 1.29 bits per heavy atom. The number of rotatable bonds is 5. The molecule has 1 aliphatic rings. The highest BCUT2D eigenvalue weighted by Gasteiger charge is 2.31. The van der Waals surface area contributed by atoms with Gasteiger partial charge in [0.05, 0.1) is 0 Å². The van der Waals surface area contributed by atoms with Gasteiger partial charge in [0.15, 0.2) is 0 Å². The van der Waals surface area contributed by atoms with E-state index in [1.54, 1.807) is 26.0 Å². The maximum atomic E-state index is 14.1. The molecule has 0 spiro atoms. The lowest BCUT2D eigenvalue weighted by Crippen LogP contribution is -2.33. The molecule has 0 aliphatic heterocycles. The van der Waals surface area contributed by atoms with Crippen LogP contribution in [-0.2, 0) is 16.4 Å². The molecule has 2 aromatic rings. The molecule has 6 nitrogen and oxygen atoms in total. The second-order valence-electron chi connectivity index (χ2n) is 6.30. The Morgan fingerprint density at radius 3 is 2.79 bits per heavy atom. The van der Waals surface area contributed by atoms with Crippen LogP contribution in [0.15, 0.2) is 27.5 Å². The van der Waals surface area contributed by atoms with Gasteiger partial charge in [0.2, 0.25) is 21.8 Å². The van der Waals surface area contributed by atoms with Crippen LogP contribution in [0.5, 0.6) is 0 Å². The molecule has 1 heterocycles. The number of sulfonamides is 1. The Balaban J connectivity index is 1.65. The predicted octanol–water partition coefficient (Wildman–Crippen LogP) is 2.52. The van der Waals surface area contributed by atoms with Crippen LogP contribution in [0, 0.1) is 25.6 Å². The van der Waals surface area contributed by atoms with Gasteiger partial charge in [0, 0.05) is 19.4 Å². The van der Waals surface area contributed by atoms with E-state index in [9.17, 15) is 12.8 Å². The molecule has 8 heteroatoms. The van der Waals surface area contributed by atoms with Crippen molar-refractivity contribution < 1.29 is 17.2 Å². The number of hydrogen-bond acceptors (Lipinski definition) is 5. The Labute approximate surface area is 140 Å². The molecular formula is C16H20FN3O3S. The minimum Gasteiger partial charge on any atom is -0.426 e. The van der Waals surface area contributed by atoms with E-state index in [1.807, 2.05) is 0 Å². The van der Waals surface area contributed by atoms with E-state index < -0.39 is 15.8 Å². The lowest BCUT2D eigenvalue weighted by Gasteiger charge is -2.14. The van der Waals surface area contributed by atoms with Gasteiger partial charge in [-0.15, -0.1) is 10.2 Å². The lowest BCUT2D eigenvalue weighted by atomic mass is 10.0. The monoisotopic (exact) mass is 353 g/mol. The number of halogens is 1. The highest BCUT2D eigenvalue weighted by molar-refractivity contribution is 7.89. The molecule has 1 fully saturated rings. The summed E-state index contributed by atoms with van der Waals surface area (Å²) in [6.45, 7) is 3.28. The van der Waals surface area contributed by atoms with Gasteiger partial charge in [-0.25, -0.2) is 17.5 Å². The second kappa shape index (κ2) is 6.60. The normalized spacial score (nSPS) is 21.3. The number of benzene rings is 1. The summed E-state index contributed by atoms with van der Waals surface area (Å²) in [5, 5.41) is 7.77. The topological polar surface area (TPSA) is 85.1 Å². The molecule has 24 heavy (non-hydrogen) atoms. The minimum absolute atomic E-state index is 0.205. The molecule has 0 saturated heterocycles. The highest BCUT2D eigenvalue weighted by atomic mass is 32.2. The van der Waals surface area contributed by atoms with Crippen molar-refractivity contribution in [2.75, 3.05) is 0 Å². The molecule has 1 aliphatic carbocycles. The zero-order valence-corrected chi connectivity index (χ0v) is 14.4. The summed E-state index contributed by atoms with van der Waals surface area (Å²) < 4.78 is 47.0. The molecule has 130 valence electrons. The molecular weight excluding hydrogens is 333 g/mol. The van der Waals surface area contributed by atoms with Crippen molar-refractivity contribution in [1.29, 1.82) is 0 Å². The van der Waals surface area contributed by atoms with Gasteiger partial charge in [-0.2, -0.15) is 0 Å². The first-order valence-electron chi connectivity index (χ1n) is 7.91. The van der Waals surface area contributed by atoms with Crippen molar-refractivity contribution >= 4 is 10.0 Å². The summed E-state index contributed by atoms with van der Waals surface area (Å²) >= 11 is 0. The molecule has 2 atom stereocenters. The summed E-state index contributed by atoms with van der Waals surface area (Å²) in [5.74, 6) is 0.682. The lowest BCUT2D eigenvalue weighted by molar-refractivity contribution is 0.413. The van der Waals surface area contributed by atoms with Crippen molar-refractivity contribution in [2.45, 2.75) is 50.5 Å². The van der Waals surface area contributed by atoms with Crippen molar-refractivity contribution in [3.63, 3.8) is 0 Å². The van der Waals surface area contributed by atoms with Gasteiger partial charge in [-0.05, 0) is 43.7 Å². The fourth-order valence-corrected chi connectivity index (χ4v) is 4.58. The molecule has 0 radical (unpaired) electrons. The number of hydrogen-bond donors (Lipinski definition) is 1. The average molecular weight is 353 g/mol. The number of aromatic nitrogens is 2. The summed E-state index contributed by atoms with van der Waals surface area (Å²) in [7, 11) is -3.87. The van der Waals surface area contributed by atoms with Gasteiger partial charge in [0.1, 0.15) is 10.7 Å². The predicted molar refractivity (Wildman–Crippen MR) is 85.3 cm³/mol. The standard InChI is InChI=1S/C16H20FN3O3S/c1-10-4-3-5-14(16(10)17)24(21,22)20-13-7-6-12(8-13)9-15-19-18-11(2)23-15/h3-5,12-13,20H,6-9H2,1-2H3/t12-,13+/m1/s1. The van der Waals surface area contributed by atoms with Crippen LogP contribution in [0.25, 0.3) is 0 Å². The average Bonchev–Trinajstić information content (AvgIpc) is 3.11. The van der Waals surface area contributed by atoms with Gasteiger partial charge >= 0.3 is 0 Å². The van der Waals surface area contributed by atoms with Crippen LogP contribution >= 0.6 is 0 Å². The molecule has 1 aromatic carbocycles. The van der Waals surface area contributed by atoms with Crippen LogP contribution in [0.1, 0.15) is 36.6 Å². The fraction of sp³-hybridized carbons (Fsp3) is 0.500. The van der Waals surface area contributed by atoms with Crippen LogP contribution in [-0.4, -0.2) is 24.7 Å². The Hall–Kier alpha value is -1.80. The van der Waals surface area contributed by atoms with Crippen LogP contribution < -0.4 is 4.72 Å². The van der Waals surface area contributed by atoms with E-state index in [0.29, 0.717) is 36.6 Å². The third-order valence-electron chi connectivity index (χ3n) is 4.34. The largest absolute Gasteiger partial charge is 0.426 e. The van der Waals surface area contributed by atoms with E-state index in [-0.39, 0.29) is 16.9 Å².